The van der Waals surface area contributed by atoms with Gasteiger partial charge < -0.3 is 9.84 Å². The van der Waals surface area contributed by atoms with E-state index in [1.54, 1.807) is 0 Å². The van der Waals surface area contributed by atoms with Gasteiger partial charge in [-0.1, -0.05) is 0 Å². The molecule has 1 N–H and O–H groups in total. The van der Waals surface area contributed by atoms with Gasteiger partial charge in [-0.05, 0) is 13.0 Å². The molecule has 0 aliphatic rings. The maximum absolute atomic E-state index is 12.5. The second kappa shape index (κ2) is 4.42. The van der Waals surface area contributed by atoms with Crippen LogP contribution >= 0.6 is 0 Å². The maximum atomic E-state index is 12.5. The summed E-state index contributed by atoms with van der Waals surface area (Å²) in [7, 11) is 0. The van der Waals surface area contributed by atoms with Crippen molar-refractivity contribution < 1.29 is 23.4 Å². The molecule has 1 aromatic heterocycles. The van der Waals surface area contributed by atoms with Crippen LogP contribution in [0.3, 0.4) is 0 Å². The molecule has 0 spiro atoms. The summed E-state index contributed by atoms with van der Waals surface area (Å²) in [5.41, 5.74) is 0.250. The van der Waals surface area contributed by atoms with Gasteiger partial charge in [-0.25, -0.2) is 18.6 Å². The second-order valence-corrected chi connectivity index (χ2v) is 3.45. The molecular formula is C10H11F2NO3. The zero-order chi connectivity index (χ0) is 12.3. The third-order valence-electron chi connectivity index (χ3n) is 1.76. The summed E-state index contributed by atoms with van der Waals surface area (Å²) >= 11 is 0. The molecule has 0 unspecified atom stereocenters. The van der Waals surface area contributed by atoms with E-state index in [1.165, 1.54) is 19.1 Å². The number of rotatable bonds is 4. The van der Waals surface area contributed by atoms with Gasteiger partial charge in [0.15, 0.2) is 6.61 Å². The Morgan fingerprint density at radius 1 is 1.56 bits per heavy atom. The molecule has 0 aliphatic heterocycles. The lowest BCUT2D eigenvalue weighted by atomic mass is 10.2. The highest BCUT2D eigenvalue weighted by molar-refractivity contribution is 5.88. The number of hydrogen-bond acceptors (Lipinski definition) is 3. The minimum absolute atomic E-state index is 0.0102. The number of carboxylic acids is 1. The molecule has 1 heterocycles. The molecule has 6 heteroatoms. The minimum Gasteiger partial charge on any atom is -0.478 e. The minimum atomic E-state index is -2.94. The van der Waals surface area contributed by atoms with Crippen LogP contribution in [0.15, 0.2) is 12.1 Å². The molecule has 0 saturated carbocycles. The number of nitrogens with zero attached hydrogens (tertiary/aromatic N) is 1. The van der Waals surface area contributed by atoms with Crippen molar-refractivity contribution in [3.8, 4) is 5.88 Å². The number of carboxylic acid groups (broad SMARTS) is 1. The molecule has 0 atom stereocenters. The van der Waals surface area contributed by atoms with Gasteiger partial charge >= 0.3 is 5.97 Å². The van der Waals surface area contributed by atoms with Gasteiger partial charge in [0.25, 0.3) is 5.92 Å². The average Bonchev–Trinajstić information content (AvgIpc) is 2.13. The van der Waals surface area contributed by atoms with Crippen LogP contribution in [-0.4, -0.2) is 28.6 Å². The highest BCUT2D eigenvalue weighted by Gasteiger charge is 2.22. The highest BCUT2D eigenvalue weighted by Crippen LogP contribution is 2.16. The van der Waals surface area contributed by atoms with Crippen molar-refractivity contribution in [1.29, 1.82) is 0 Å². The molecule has 0 saturated heterocycles. The number of aromatic carboxylic acids is 1. The lowest BCUT2D eigenvalue weighted by Crippen LogP contribution is -2.21. The number of aromatic nitrogens is 1. The Morgan fingerprint density at radius 3 is 2.62 bits per heavy atom. The van der Waals surface area contributed by atoms with E-state index in [4.69, 9.17) is 9.84 Å². The first-order valence-electron chi connectivity index (χ1n) is 4.51. The van der Waals surface area contributed by atoms with E-state index in [1.807, 2.05) is 0 Å². The van der Waals surface area contributed by atoms with Crippen molar-refractivity contribution in [3.63, 3.8) is 0 Å². The van der Waals surface area contributed by atoms with E-state index in [2.05, 4.69) is 4.98 Å². The molecule has 0 amide bonds. The largest absolute Gasteiger partial charge is 0.478 e. The molecule has 0 bridgehead atoms. The Morgan fingerprint density at radius 2 is 2.19 bits per heavy atom. The zero-order valence-electron chi connectivity index (χ0n) is 8.83. The maximum Gasteiger partial charge on any atom is 0.337 e. The number of ether oxygens (including phenoxy) is 1. The first-order valence-corrected chi connectivity index (χ1v) is 4.51. The normalized spacial score (nSPS) is 11.2. The summed E-state index contributed by atoms with van der Waals surface area (Å²) in [5, 5.41) is 8.71. The van der Waals surface area contributed by atoms with Crippen LogP contribution in [0.4, 0.5) is 8.78 Å². The first-order chi connectivity index (χ1) is 7.29. The Labute approximate surface area is 90.9 Å². The molecule has 1 aromatic rings. The van der Waals surface area contributed by atoms with Gasteiger partial charge in [0.2, 0.25) is 5.88 Å². The SMILES string of the molecule is Cc1nc(OCC(C)(F)F)ccc1C(=O)O. The number of aryl methyl sites for hydroxylation is 1. The van der Waals surface area contributed by atoms with Crippen molar-refractivity contribution in [2.45, 2.75) is 19.8 Å². The molecule has 0 radical (unpaired) electrons. The number of hydrogen-bond donors (Lipinski definition) is 1. The predicted molar refractivity (Wildman–Crippen MR) is 52.0 cm³/mol. The van der Waals surface area contributed by atoms with E-state index >= 15 is 0 Å². The Kier molecular flexibility index (Phi) is 3.41. The van der Waals surface area contributed by atoms with Gasteiger partial charge in [0.05, 0.1) is 11.3 Å². The van der Waals surface area contributed by atoms with E-state index < -0.39 is 18.5 Å². The summed E-state index contributed by atoms with van der Waals surface area (Å²) in [5.74, 6) is -4.07. The molecule has 0 aliphatic carbocycles. The molecule has 0 fully saturated rings. The number of pyridine rings is 1. The van der Waals surface area contributed by atoms with Crippen LogP contribution < -0.4 is 4.74 Å². The topological polar surface area (TPSA) is 59.4 Å². The Balaban J connectivity index is 2.78. The van der Waals surface area contributed by atoms with Crippen LogP contribution in [0, 0.1) is 6.92 Å². The quantitative estimate of drug-likeness (QED) is 0.862. The summed E-state index contributed by atoms with van der Waals surface area (Å²) in [6.07, 6.45) is 0. The van der Waals surface area contributed by atoms with Crippen molar-refractivity contribution >= 4 is 5.97 Å². The standard InChI is InChI=1S/C10H11F2NO3/c1-6-7(9(14)15)3-4-8(13-6)16-5-10(2,11)12/h3-4H,5H2,1-2H3,(H,14,15). The molecule has 4 nitrogen and oxygen atoms in total. The first kappa shape index (κ1) is 12.4. The summed E-state index contributed by atoms with van der Waals surface area (Å²) < 4.78 is 29.7. The molecule has 0 aromatic carbocycles. The van der Waals surface area contributed by atoms with E-state index in [9.17, 15) is 13.6 Å². The lowest BCUT2D eigenvalue weighted by molar-refractivity contribution is -0.0243. The lowest BCUT2D eigenvalue weighted by Gasteiger charge is -2.11. The van der Waals surface area contributed by atoms with E-state index in [0.717, 1.165) is 6.92 Å². The highest BCUT2D eigenvalue weighted by atomic mass is 19.3. The van der Waals surface area contributed by atoms with Gasteiger partial charge in [-0.2, -0.15) is 0 Å². The third-order valence-corrected chi connectivity index (χ3v) is 1.76. The third kappa shape index (κ3) is 3.45. The van der Waals surface area contributed by atoms with Crippen molar-refractivity contribution in [2.24, 2.45) is 0 Å². The zero-order valence-corrected chi connectivity index (χ0v) is 8.83. The van der Waals surface area contributed by atoms with Crippen LogP contribution in [-0.2, 0) is 0 Å². The number of carbonyl (C=O) groups is 1. The number of halogens is 2. The molecule has 1 rings (SSSR count). The summed E-state index contributed by atoms with van der Waals surface area (Å²) in [4.78, 5) is 14.4. The smallest absolute Gasteiger partial charge is 0.337 e. The molecule has 16 heavy (non-hydrogen) atoms. The van der Waals surface area contributed by atoms with Crippen molar-refractivity contribution in [2.75, 3.05) is 6.61 Å². The van der Waals surface area contributed by atoms with Crippen molar-refractivity contribution in [3.05, 3.63) is 23.4 Å². The average molecular weight is 231 g/mol. The monoisotopic (exact) mass is 231 g/mol. The van der Waals surface area contributed by atoms with Gasteiger partial charge in [-0.15, -0.1) is 0 Å². The summed E-state index contributed by atoms with van der Waals surface area (Å²) in [6, 6.07) is 2.52. The number of alkyl halides is 2. The van der Waals surface area contributed by atoms with Gasteiger partial charge in [-0.3, -0.25) is 0 Å². The van der Waals surface area contributed by atoms with Crippen molar-refractivity contribution in [1.82, 2.24) is 4.98 Å². The Hall–Kier alpha value is -1.72. The summed E-state index contributed by atoms with van der Waals surface area (Å²) in [6.45, 7) is 1.41. The second-order valence-electron chi connectivity index (χ2n) is 3.45. The molecular weight excluding hydrogens is 220 g/mol. The Bertz CT molecular complexity index is 402. The van der Waals surface area contributed by atoms with Crippen LogP contribution in [0.5, 0.6) is 5.88 Å². The van der Waals surface area contributed by atoms with Crippen LogP contribution in [0.1, 0.15) is 23.0 Å². The fraction of sp³-hybridized carbons (Fsp3) is 0.400. The van der Waals surface area contributed by atoms with E-state index in [0.29, 0.717) is 0 Å². The molecule has 88 valence electrons. The van der Waals surface area contributed by atoms with E-state index in [-0.39, 0.29) is 17.1 Å². The van der Waals surface area contributed by atoms with Gasteiger partial charge in [0, 0.05) is 13.0 Å². The fourth-order valence-corrected chi connectivity index (χ4v) is 1.05. The predicted octanol–water partition coefficient (Wildman–Crippen LogP) is 2.12. The fourth-order valence-electron chi connectivity index (χ4n) is 1.05. The van der Waals surface area contributed by atoms with Crippen LogP contribution in [0.2, 0.25) is 0 Å². The van der Waals surface area contributed by atoms with Gasteiger partial charge in [0.1, 0.15) is 0 Å². The van der Waals surface area contributed by atoms with Crippen LogP contribution in [0.25, 0.3) is 0 Å².